The quantitative estimate of drug-likeness (QED) is 0.726. The monoisotopic (exact) mass is 313 g/mol. The van der Waals surface area contributed by atoms with E-state index in [1.807, 2.05) is 18.0 Å². The van der Waals surface area contributed by atoms with Crippen molar-refractivity contribution >= 4 is 50.2 Å². The van der Waals surface area contributed by atoms with Gasteiger partial charge in [0.1, 0.15) is 15.2 Å². The van der Waals surface area contributed by atoms with Crippen LogP contribution in [-0.2, 0) is 6.54 Å². The average Bonchev–Trinajstić information content (AvgIpc) is 2.96. The van der Waals surface area contributed by atoms with E-state index >= 15 is 0 Å². The highest BCUT2D eigenvalue weighted by Gasteiger charge is 2.12. The SMILES string of the molecule is CN(Cc1ncc(Cl)s1)c1cc2cnsc2cc1F. The van der Waals surface area contributed by atoms with E-state index in [9.17, 15) is 4.39 Å². The molecule has 0 radical (unpaired) electrons. The Morgan fingerprint density at radius 3 is 2.95 bits per heavy atom. The number of halogens is 2. The van der Waals surface area contributed by atoms with Gasteiger partial charge in [-0.15, -0.1) is 11.3 Å². The van der Waals surface area contributed by atoms with E-state index in [0.717, 1.165) is 15.1 Å². The van der Waals surface area contributed by atoms with Crippen LogP contribution in [0.4, 0.5) is 10.1 Å². The van der Waals surface area contributed by atoms with Crippen LogP contribution in [0.15, 0.2) is 24.5 Å². The summed E-state index contributed by atoms with van der Waals surface area (Å²) < 4.78 is 19.6. The Kier molecular flexibility index (Phi) is 3.38. The van der Waals surface area contributed by atoms with E-state index in [1.54, 1.807) is 12.4 Å². The fourth-order valence-electron chi connectivity index (χ4n) is 1.82. The summed E-state index contributed by atoms with van der Waals surface area (Å²) in [6.45, 7) is 0.525. The van der Waals surface area contributed by atoms with Gasteiger partial charge in [0.25, 0.3) is 0 Å². The maximum atomic E-state index is 14.0. The Bertz CT molecular complexity index is 725. The molecule has 0 saturated heterocycles. The van der Waals surface area contributed by atoms with Gasteiger partial charge in [-0.2, -0.15) is 4.37 Å². The van der Waals surface area contributed by atoms with Gasteiger partial charge in [0.15, 0.2) is 0 Å². The number of thiazole rings is 1. The van der Waals surface area contributed by atoms with Gasteiger partial charge in [-0.25, -0.2) is 9.37 Å². The number of anilines is 1. The summed E-state index contributed by atoms with van der Waals surface area (Å²) in [5.74, 6) is -0.248. The van der Waals surface area contributed by atoms with Crippen LogP contribution in [0.2, 0.25) is 4.34 Å². The maximum absolute atomic E-state index is 14.0. The minimum absolute atomic E-state index is 0.248. The lowest BCUT2D eigenvalue weighted by Gasteiger charge is -2.18. The predicted octanol–water partition coefficient (Wildman–Crippen LogP) is 4.18. The van der Waals surface area contributed by atoms with Crippen LogP contribution in [0.25, 0.3) is 10.1 Å². The first-order chi connectivity index (χ1) is 9.13. The first-order valence-electron chi connectivity index (χ1n) is 5.49. The van der Waals surface area contributed by atoms with Gasteiger partial charge in [-0.1, -0.05) is 11.6 Å². The predicted molar refractivity (Wildman–Crippen MR) is 78.8 cm³/mol. The number of hydrogen-bond acceptors (Lipinski definition) is 5. The zero-order chi connectivity index (χ0) is 13.4. The largest absolute Gasteiger partial charge is 0.365 e. The summed E-state index contributed by atoms with van der Waals surface area (Å²) >= 11 is 8.54. The van der Waals surface area contributed by atoms with Crippen LogP contribution in [0.5, 0.6) is 0 Å². The highest BCUT2D eigenvalue weighted by molar-refractivity contribution is 7.15. The van der Waals surface area contributed by atoms with Crippen LogP contribution in [0.3, 0.4) is 0 Å². The van der Waals surface area contributed by atoms with Crippen molar-refractivity contribution in [1.82, 2.24) is 9.36 Å². The van der Waals surface area contributed by atoms with Crippen LogP contribution in [-0.4, -0.2) is 16.4 Å². The molecule has 98 valence electrons. The molecule has 0 amide bonds. The molecular formula is C12H9ClFN3S2. The number of fused-ring (bicyclic) bond motifs is 1. The third-order valence-electron chi connectivity index (χ3n) is 2.73. The van der Waals surface area contributed by atoms with Crippen molar-refractivity contribution in [2.45, 2.75) is 6.54 Å². The third-order valence-corrected chi connectivity index (χ3v) is 4.59. The molecule has 2 aromatic heterocycles. The van der Waals surface area contributed by atoms with Crippen molar-refractivity contribution in [3.8, 4) is 0 Å². The molecule has 0 fully saturated rings. The summed E-state index contributed by atoms with van der Waals surface area (Å²) in [4.78, 5) is 6.00. The molecule has 1 aromatic carbocycles. The first-order valence-corrected chi connectivity index (χ1v) is 7.45. The van der Waals surface area contributed by atoms with E-state index in [4.69, 9.17) is 11.6 Å². The van der Waals surface area contributed by atoms with Gasteiger partial charge < -0.3 is 4.90 Å². The van der Waals surface area contributed by atoms with E-state index in [-0.39, 0.29) is 5.82 Å². The van der Waals surface area contributed by atoms with Gasteiger partial charge in [0, 0.05) is 18.6 Å². The van der Waals surface area contributed by atoms with E-state index < -0.39 is 0 Å². The van der Waals surface area contributed by atoms with Crippen molar-refractivity contribution in [2.24, 2.45) is 0 Å². The smallest absolute Gasteiger partial charge is 0.147 e. The third kappa shape index (κ3) is 2.56. The van der Waals surface area contributed by atoms with Crippen molar-refractivity contribution in [3.63, 3.8) is 0 Å². The molecule has 0 saturated carbocycles. The second kappa shape index (κ2) is 5.03. The number of benzene rings is 1. The van der Waals surface area contributed by atoms with E-state index in [0.29, 0.717) is 16.6 Å². The topological polar surface area (TPSA) is 29.0 Å². The Labute approximate surface area is 122 Å². The van der Waals surface area contributed by atoms with Gasteiger partial charge in [0.05, 0.1) is 23.1 Å². The summed E-state index contributed by atoms with van der Waals surface area (Å²) in [5, 5.41) is 1.81. The summed E-state index contributed by atoms with van der Waals surface area (Å²) in [6.07, 6.45) is 3.36. The Hall–Kier alpha value is -1.24. The van der Waals surface area contributed by atoms with Crippen molar-refractivity contribution < 1.29 is 4.39 Å². The fraction of sp³-hybridized carbons (Fsp3) is 0.167. The molecule has 0 unspecified atom stereocenters. The molecule has 0 aliphatic rings. The fourth-order valence-corrected chi connectivity index (χ4v) is 3.48. The zero-order valence-corrected chi connectivity index (χ0v) is 12.3. The minimum atomic E-state index is -0.248. The molecule has 3 aromatic rings. The molecule has 19 heavy (non-hydrogen) atoms. The summed E-state index contributed by atoms with van der Waals surface area (Å²) in [6, 6.07) is 3.33. The Balaban J connectivity index is 1.91. The maximum Gasteiger partial charge on any atom is 0.147 e. The van der Waals surface area contributed by atoms with Gasteiger partial charge in [-0.05, 0) is 23.7 Å². The van der Waals surface area contributed by atoms with Gasteiger partial charge >= 0.3 is 0 Å². The molecule has 0 N–H and O–H groups in total. The first kappa shape index (κ1) is 12.8. The van der Waals surface area contributed by atoms with Crippen molar-refractivity contribution in [3.05, 3.63) is 39.7 Å². The number of nitrogens with zero attached hydrogens (tertiary/aromatic N) is 3. The number of aromatic nitrogens is 2. The lowest BCUT2D eigenvalue weighted by Crippen LogP contribution is -2.17. The van der Waals surface area contributed by atoms with E-state index in [1.165, 1.54) is 28.9 Å². The van der Waals surface area contributed by atoms with E-state index in [2.05, 4.69) is 9.36 Å². The lowest BCUT2D eigenvalue weighted by atomic mass is 10.2. The molecule has 0 atom stereocenters. The van der Waals surface area contributed by atoms with Crippen LogP contribution < -0.4 is 4.90 Å². The summed E-state index contributed by atoms with van der Waals surface area (Å²) in [5.41, 5.74) is 0.541. The minimum Gasteiger partial charge on any atom is -0.365 e. The molecule has 0 spiro atoms. The molecule has 2 heterocycles. The van der Waals surface area contributed by atoms with Crippen molar-refractivity contribution in [2.75, 3.05) is 11.9 Å². The average molecular weight is 314 g/mol. The zero-order valence-electron chi connectivity index (χ0n) is 9.93. The number of hydrogen-bond donors (Lipinski definition) is 0. The molecule has 0 aliphatic carbocycles. The van der Waals surface area contributed by atoms with Crippen LogP contribution in [0.1, 0.15) is 5.01 Å². The highest BCUT2D eigenvalue weighted by atomic mass is 35.5. The van der Waals surface area contributed by atoms with Crippen LogP contribution in [0, 0.1) is 5.82 Å². The standard InChI is InChI=1S/C12H9ClFN3S2/c1-17(6-12-15-5-11(13)18-12)9-2-7-4-16-19-10(7)3-8(9)14/h2-5H,6H2,1H3. The van der Waals surface area contributed by atoms with Crippen molar-refractivity contribution in [1.29, 1.82) is 0 Å². The Morgan fingerprint density at radius 2 is 2.21 bits per heavy atom. The molecule has 3 nitrogen and oxygen atoms in total. The normalized spacial score (nSPS) is 11.1. The van der Waals surface area contributed by atoms with Gasteiger partial charge in [-0.3, -0.25) is 0 Å². The molecule has 0 aliphatic heterocycles. The number of rotatable bonds is 3. The highest BCUT2D eigenvalue weighted by Crippen LogP contribution is 2.29. The summed E-state index contributed by atoms with van der Waals surface area (Å²) in [7, 11) is 1.83. The molecule has 0 bridgehead atoms. The second-order valence-corrected chi connectivity index (χ2v) is 6.66. The molecular weight excluding hydrogens is 305 g/mol. The lowest BCUT2D eigenvalue weighted by molar-refractivity contribution is 0.624. The molecule has 7 heteroatoms. The van der Waals surface area contributed by atoms with Crippen LogP contribution >= 0.6 is 34.5 Å². The van der Waals surface area contributed by atoms with Gasteiger partial charge in [0.2, 0.25) is 0 Å². The second-order valence-electron chi connectivity index (χ2n) is 4.08. The molecule has 3 rings (SSSR count). The Morgan fingerprint density at radius 1 is 1.37 bits per heavy atom.